The van der Waals surface area contributed by atoms with E-state index in [1.165, 1.54) is 17.3 Å². The predicted molar refractivity (Wildman–Crippen MR) is 112 cm³/mol. The molecule has 0 saturated carbocycles. The zero-order valence-electron chi connectivity index (χ0n) is 16.3. The molecule has 7 nitrogen and oxygen atoms in total. The van der Waals surface area contributed by atoms with E-state index in [1.54, 1.807) is 6.20 Å². The highest BCUT2D eigenvalue weighted by molar-refractivity contribution is 7.99. The number of carbonyl (C=O) groups excluding carboxylic acids is 1. The van der Waals surface area contributed by atoms with Gasteiger partial charge in [-0.05, 0) is 36.2 Å². The van der Waals surface area contributed by atoms with Crippen LogP contribution in [0, 0.1) is 0 Å². The summed E-state index contributed by atoms with van der Waals surface area (Å²) in [5, 5.41) is 9.43. The topological polar surface area (TPSA) is 73.1 Å². The van der Waals surface area contributed by atoms with E-state index in [-0.39, 0.29) is 5.91 Å². The van der Waals surface area contributed by atoms with Crippen LogP contribution >= 0.6 is 11.8 Å². The molecule has 0 bridgehead atoms. The minimum atomic E-state index is 0.0913. The van der Waals surface area contributed by atoms with Gasteiger partial charge < -0.3 is 9.64 Å². The summed E-state index contributed by atoms with van der Waals surface area (Å²) in [5.41, 5.74) is 2.96. The molecule has 3 aromatic rings. The fourth-order valence-corrected chi connectivity index (χ4v) is 4.02. The van der Waals surface area contributed by atoms with Crippen molar-refractivity contribution >= 4 is 17.7 Å². The van der Waals surface area contributed by atoms with Gasteiger partial charge in [-0.2, -0.15) is 0 Å². The van der Waals surface area contributed by atoms with Gasteiger partial charge in [-0.1, -0.05) is 36.9 Å². The molecule has 1 saturated heterocycles. The van der Waals surface area contributed by atoms with Gasteiger partial charge in [-0.3, -0.25) is 14.3 Å². The first kappa shape index (κ1) is 19.6. The largest absolute Gasteiger partial charge is 0.378 e. The average molecular weight is 410 g/mol. The quantitative estimate of drug-likeness (QED) is 0.583. The molecule has 1 aromatic carbocycles. The summed E-state index contributed by atoms with van der Waals surface area (Å²) in [7, 11) is 0. The number of aromatic nitrogens is 4. The van der Waals surface area contributed by atoms with Crippen LogP contribution in [0.3, 0.4) is 0 Å². The number of ether oxygens (including phenoxy) is 1. The van der Waals surface area contributed by atoms with Crippen LogP contribution in [0.5, 0.6) is 0 Å². The van der Waals surface area contributed by atoms with Gasteiger partial charge in [0, 0.05) is 25.0 Å². The molecule has 29 heavy (non-hydrogen) atoms. The van der Waals surface area contributed by atoms with Gasteiger partial charge in [0.15, 0.2) is 11.0 Å². The third kappa shape index (κ3) is 4.49. The van der Waals surface area contributed by atoms with Crippen molar-refractivity contribution < 1.29 is 9.53 Å². The van der Waals surface area contributed by atoms with E-state index in [9.17, 15) is 4.79 Å². The maximum atomic E-state index is 12.6. The number of rotatable bonds is 6. The molecule has 8 heteroatoms. The number of nitrogens with zero attached hydrogens (tertiary/aromatic N) is 5. The Morgan fingerprint density at radius 3 is 2.59 bits per heavy atom. The van der Waals surface area contributed by atoms with Crippen molar-refractivity contribution in [1.29, 1.82) is 0 Å². The Balaban J connectivity index is 1.62. The van der Waals surface area contributed by atoms with Crippen LogP contribution in [-0.2, 0) is 16.0 Å². The minimum Gasteiger partial charge on any atom is -0.378 e. The molecular weight excluding hydrogens is 386 g/mol. The monoisotopic (exact) mass is 409 g/mol. The molecule has 1 aliphatic heterocycles. The van der Waals surface area contributed by atoms with Gasteiger partial charge in [0.1, 0.15) is 5.69 Å². The third-order valence-corrected chi connectivity index (χ3v) is 5.73. The van der Waals surface area contributed by atoms with E-state index in [4.69, 9.17) is 4.74 Å². The number of thioether (sulfide) groups is 1. The molecule has 150 valence electrons. The Kier molecular flexibility index (Phi) is 6.21. The summed E-state index contributed by atoms with van der Waals surface area (Å²) in [6.07, 6.45) is 2.72. The molecule has 4 rings (SSSR count). The van der Waals surface area contributed by atoms with Crippen LogP contribution < -0.4 is 0 Å². The molecule has 0 spiro atoms. The lowest BCUT2D eigenvalue weighted by molar-refractivity contribution is -0.132. The predicted octanol–water partition coefficient (Wildman–Crippen LogP) is 2.84. The lowest BCUT2D eigenvalue weighted by Gasteiger charge is -2.26. The minimum absolute atomic E-state index is 0.0913. The molecule has 3 heterocycles. The molecule has 0 atom stereocenters. The van der Waals surface area contributed by atoms with Crippen LogP contribution in [0.15, 0.2) is 53.8 Å². The Morgan fingerprint density at radius 1 is 1.10 bits per heavy atom. The summed E-state index contributed by atoms with van der Waals surface area (Å²) in [4.78, 5) is 18.8. The highest BCUT2D eigenvalue weighted by Crippen LogP contribution is 2.27. The number of amides is 1. The molecule has 0 radical (unpaired) electrons. The highest BCUT2D eigenvalue weighted by atomic mass is 32.2. The van der Waals surface area contributed by atoms with Crippen LogP contribution in [0.25, 0.3) is 17.2 Å². The van der Waals surface area contributed by atoms with Crippen molar-refractivity contribution in [2.24, 2.45) is 0 Å². The molecule has 0 aliphatic carbocycles. The molecule has 1 amide bonds. The summed E-state index contributed by atoms with van der Waals surface area (Å²) in [5.74, 6) is 1.07. The van der Waals surface area contributed by atoms with Crippen molar-refractivity contribution in [2.75, 3.05) is 32.1 Å². The Labute approximate surface area is 174 Å². The Bertz CT molecular complexity index is 953. The van der Waals surface area contributed by atoms with E-state index in [2.05, 4.69) is 46.4 Å². The molecule has 0 unspecified atom stereocenters. The van der Waals surface area contributed by atoms with E-state index >= 15 is 0 Å². The van der Waals surface area contributed by atoms with Gasteiger partial charge in [-0.15, -0.1) is 10.2 Å². The van der Waals surface area contributed by atoms with Crippen molar-refractivity contribution in [1.82, 2.24) is 24.6 Å². The van der Waals surface area contributed by atoms with Crippen molar-refractivity contribution in [3.8, 4) is 17.2 Å². The molecular formula is C21H23N5O2S. The number of carbonyl (C=O) groups is 1. The molecule has 0 N–H and O–H groups in total. The summed E-state index contributed by atoms with van der Waals surface area (Å²) < 4.78 is 7.30. The third-order valence-electron chi connectivity index (χ3n) is 4.82. The van der Waals surface area contributed by atoms with Crippen molar-refractivity contribution in [3.05, 3.63) is 54.2 Å². The smallest absolute Gasteiger partial charge is 0.233 e. The lowest BCUT2D eigenvalue weighted by Crippen LogP contribution is -2.41. The van der Waals surface area contributed by atoms with E-state index in [0.717, 1.165) is 17.8 Å². The van der Waals surface area contributed by atoms with Crippen LogP contribution in [-0.4, -0.2) is 62.6 Å². The van der Waals surface area contributed by atoms with Gasteiger partial charge >= 0.3 is 0 Å². The van der Waals surface area contributed by atoms with Gasteiger partial charge in [0.2, 0.25) is 5.91 Å². The number of benzene rings is 1. The second-order valence-electron chi connectivity index (χ2n) is 6.66. The Morgan fingerprint density at radius 2 is 1.90 bits per heavy atom. The van der Waals surface area contributed by atoms with Crippen LogP contribution in [0.2, 0.25) is 0 Å². The summed E-state index contributed by atoms with van der Waals surface area (Å²) >= 11 is 1.40. The molecule has 1 fully saturated rings. The molecule has 2 aromatic heterocycles. The zero-order valence-corrected chi connectivity index (χ0v) is 17.1. The van der Waals surface area contributed by atoms with E-state index in [1.807, 2.05) is 27.7 Å². The first-order valence-corrected chi connectivity index (χ1v) is 10.7. The lowest BCUT2D eigenvalue weighted by atomic mass is 10.1. The maximum absolute atomic E-state index is 12.6. The zero-order chi connectivity index (χ0) is 20.1. The van der Waals surface area contributed by atoms with Crippen LogP contribution in [0.4, 0.5) is 0 Å². The Hall–Kier alpha value is -2.71. The number of pyridine rings is 1. The number of hydrogen-bond donors (Lipinski definition) is 0. The summed E-state index contributed by atoms with van der Waals surface area (Å²) in [6, 6.07) is 14.0. The van der Waals surface area contributed by atoms with E-state index in [0.29, 0.717) is 43.0 Å². The number of hydrogen-bond acceptors (Lipinski definition) is 6. The highest BCUT2D eigenvalue weighted by Gasteiger charge is 2.21. The molecule has 1 aliphatic rings. The summed E-state index contributed by atoms with van der Waals surface area (Å²) in [6.45, 7) is 4.61. The normalized spacial score (nSPS) is 14.2. The van der Waals surface area contributed by atoms with Gasteiger partial charge in [0.25, 0.3) is 0 Å². The van der Waals surface area contributed by atoms with E-state index < -0.39 is 0 Å². The standard InChI is InChI=1S/C21H23N5O2S/c1-2-16-6-8-17(9-7-16)26-20(18-5-3-4-10-22-18)23-24-21(26)29-15-19(27)25-11-13-28-14-12-25/h3-10H,2,11-15H2,1H3. The van der Waals surface area contributed by atoms with Crippen LogP contribution in [0.1, 0.15) is 12.5 Å². The second kappa shape index (κ2) is 9.19. The average Bonchev–Trinajstić information content (AvgIpc) is 3.22. The second-order valence-corrected chi connectivity index (χ2v) is 7.60. The number of aryl methyl sites for hydroxylation is 1. The number of morpholine rings is 1. The first-order chi connectivity index (χ1) is 14.3. The van der Waals surface area contributed by atoms with Crippen molar-refractivity contribution in [2.45, 2.75) is 18.5 Å². The van der Waals surface area contributed by atoms with Crippen molar-refractivity contribution in [3.63, 3.8) is 0 Å². The van der Waals surface area contributed by atoms with Gasteiger partial charge in [0.05, 0.1) is 19.0 Å². The maximum Gasteiger partial charge on any atom is 0.233 e. The SMILES string of the molecule is CCc1ccc(-n2c(SCC(=O)N3CCOCC3)nnc2-c2ccccn2)cc1. The first-order valence-electron chi connectivity index (χ1n) is 9.70. The van der Waals surface area contributed by atoms with Gasteiger partial charge in [-0.25, -0.2) is 0 Å². The fraction of sp³-hybridized carbons (Fsp3) is 0.333. The fourth-order valence-electron chi connectivity index (χ4n) is 3.17.